The van der Waals surface area contributed by atoms with Crippen molar-refractivity contribution in [2.75, 3.05) is 19.0 Å². The van der Waals surface area contributed by atoms with Crippen LogP contribution in [0.1, 0.15) is 16.7 Å². The Balaban J connectivity index is 2.84. The first-order chi connectivity index (χ1) is 12.6. The fourth-order valence-corrected chi connectivity index (χ4v) is 2.66. The minimum Gasteiger partial charge on any atom is -0.378 e. The highest BCUT2D eigenvalue weighted by atomic mass is 19.4. The quantitative estimate of drug-likeness (QED) is 0.697. The molecule has 0 aliphatic rings. The summed E-state index contributed by atoms with van der Waals surface area (Å²) < 4.78 is 107. The van der Waals surface area contributed by atoms with Crippen molar-refractivity contribution in [3.05, 3.63) is 65.2 Å². The molecule has 154 valence electrons. The average Bonchev–Trinajstić information content (AvgIpc) is 2.59. The molecular formula is C18H15F8NO. The monoisotopic (exact) mass is 413 g/mol. The molecule has 1 atom stereocenters. The fraction of sp³-hybridized carbons (Fsp3) is 0.333. The molecule has 1 N–H and O–H groups in total. The highest BCUT2D eigenvalue weighted by Gasteiger charge is 2.71. The number of hydrogen-bond acceptors (Lipinski definition) is 2. The number of halogens is 8. The van der Waals surface area contributed by atoms with E-state index in [4.69, 9.17) is 0 Å². The van der Waals surface area contributed by atoms with E-state index in [1.807, 2.05) is 0 Å². The Morgan fingerprint density at radius 2 is 1.18 bits per heavy atom. The lowest BCUT2D eigenvalue weighted by Crippen LogP contribution is -2.55. The molecule has 0 spiro atoms. The Labute approximate surface area is 155 Å². The van der Waals surface area contributed by atoms with Gasteiger partial charge in [0, 0.05) is 19.8 Å². The molecule has 0 radical (unpaired) electrons. The third-order valence-corrected chi connectivity index (χ3v) is 4.20. The van der Waals surface area contributed by atoms with Crippen LogP contribution in [-0.2, 0) is 11.8 Å². The van der Waals surface area contributed by atoms with E-state index in [0.29, 0.717) is 18.2 Å². The number of aliphatic hydroxyl groups is 1. The lowest BCUT2D eigenvalue weighted by atomic mass is 9.79. The first-order valence-corrected chi connectivity index (χ1v) is 7.75. The van der Waals surface area contributed by atoms with Crippen LogP contribution in [0.5, 0.6) is 0 Å². The summed E-state index contributed by atoms with van der Waals surface area (Å²) in [5.74, 6) is -5.78. The van der Waals surface area contributed by atoms with Crippen molar-refractivity contribution in [1.82, 2.24) is 0 Å². The summed E-state index contributed by atoms with van der Waals surface area (Å²) in [7, 11) is 2.95. The van der Waals surface area contributed by atoms with E-state index < -0.39 is 40.6 Å². The Bertz CT molecular complexity index is 844. The van der Waals surface area contributed by atoms with Gasteiger partial charge in [-0.2, -0.15) is 35.1 Å². The molecule has 0 aromatic heterocycles. The Kier molecular flexibility index (Phi) is 5.41. The first-order valence-electron chi connectivity index (χ1n) is 7.75. The van der Waals surface area contributed by atoms with Crippen LogP contribution in [0.15, 0.2) is 48.5 Å². The second-order valence-electron chi connectivity index (χ2n) is 6.31. The van der Waals surface area contributed by atoms with E-state index in [9.17, 15) is 40.2 Å². The number of alkyl halides is 8. The lowest BCUT2D eigenvalue weighted by molar-refractivity contribution is -0.336. The van der Waals surface area contributed by atoms with Gasteiger partial charge in [0.25, 0.3) is 0 Å². The highest BCUT2D eigenvalue weighted by molar-refractivity contribution is 5.52. The summed E-state index contributed by atoms with van der Waals surface area (Å²) in [5, 5.41) is 10.7. The fourth-order valence-electron chi connectivity index (χ4n) is 2.66. The Hall–Kier alpha value is -2.36. The molecule has 0 aliphatic heterocycles. The molecule has 0 saturated carbocycles. The predicted molar refractivity (Wildman–Crippen MR) is 86.2 cm³/mol. The summed E-state index contributed by atoms with van der Waals surface area (Å²) in [6.07, 6.45) is -11.2. The topological polar surface area (TPSA) is 23.5 Å². The molecule has 28 heavy (non-hydrogen) atoms. The molecule has 2 nitrogen and oxygen atoms in total. The van der Waals surface area contributed by atoms with E-state index in [1.165, 1.54) is 25.1 Å². The maximum Gasteiger partial charge on any atom is 0.457 e. The van der Waals surface area contributed by atoms with Gasteiger partial charge < -0.3 is 10.0 Å². The lowest BCUT2D eigenvalue weighted by Gasteiger charge is -2.38. The van der Waals surface area contributed by atoms with E-state index in [1.54, 1.807) is 0 Å². The molecule has 0 heterocycles. The van der Waals surface area contributed by atoms with Crippen LogP contribution < -0.4 is 4.90 Å². The zero-order valence-corrected chi connectivity index (χ0v) is 14.5. The normalized spacial score (nSPS) is 15.2. The van der Waals surface area contributed by atoms with Crippen LogP contribution in [-0.4, -0.2) is 31.3 Å². The zero-order valence-electron chi connectivity index (χ0n) is 14.5. The van der Waals surface area contributed by atoms with Gasteiger partial charge in [-0.15, -0.1) is 0 Å². The van der Waals surface area contributed by atoms with Gasteiger partial charge in [-0.25, -0.2) is 0 Å². The summed E-state index contributed by atoms with van der Waals surface area (Å²) in [6.45, 7) is 0. The van der Waals surface area contributed by atoms with Gasteiger partial charge in [-0.3, -0.25) is 0 Å². The molecule has 0 amide bonds. The van der Waals surface area contributed by atoms with Crippen molar-refractivity contribution in [2.45, 2.75) is 23.9 Å². The van der Waals surface area contributed by atoms with Crippen LogP contribution >= 0.6 is 0 Å². The van der Waals surface area contributed by atoms with Crippen LogP contribution in [0.4, 0.5) is 40.8 Å². The molecule has 0 fully saturated rings. The third-order valence-electron chi connectivity index (χ3n) is 4.20. The smallest absolute Gasteiger partial charge is 0.378 e. The van der Waals surface area contributed by atoms with Gasteiger partial charge in [-0.05, 0) is 35.4 Å². The summed E-state index contributed by atoms with van der Waals surface area (Å²) in [6, 6.07) is 6.00. The van der Waals surface area contributed by atoms with Gasteiger partial charge in [0.05, 0.1) is 5.56 Å². The number of anilines is 1. The van der Waals surface area contributed by atoms with E-state index >= 15 is 0 Å². The molecule has 0 saturated heterocycles. The van der Waals surface area contributed by atoms with Crippen molar-refractivity contribution in [1.29, 1.82) is 0 Å². The SMILES string of the molecule is CN(C)c1cccc(C(O)(c2cccc(C(F)(F)F)c2)C(F)(F)C(F)(F)F)c1. The molecule has 2 aromatic rings. The van der Waals surface area contributed by atoms with Gasteiger partial charge in [0.15, 0.2) is 5.60 Å². The Morgan fingerprint density at radius 3 is 1.64 bits per heavy atom. The van der Waals surface area contributed by atoms with E-state index in [0.717, 1.165) is 18.2 Å². The summed E-state index contributed by atoms with van der Waals surface area (Å²) >= 11 is 0. The van der Waals surface area contributed by atoms with Gasteiger partial charge in [-0.1, -0.05) is 24.3 Å². The molecular weight excluding hydrogens is 398 g/mol. The van der Waals surface area contributed by atoms with Gasteiger partial charge >= 0.3 is 18.3 Å². The third kappa shape index (κ3) is 3.65. The second kappa shape index (κ2) is 6.91. The van der Waals surface area contributed by atoms with Crippen LogP contribution in [0.2, 0.25) is 0 Å². The van der Waals surface area contributed by atoms with Gasteiger partial charge in [0.1, 0.15) is 0 Å². The standard InChI is InChI=1S/C18H15F8NO/c1-27(2)14-8-4-6-12(10-14)15(28,17(22,23)18(24,25)26)11-5-3-7-13(9-11)16(19,20)21/h3-10,28H,1-2H3. The summed E-state index contributed by atoms with van der Waals surface area (Å²) in [4.78, 5) is 1.38. The first kappa shape index (κ1) is 21.9. The van der Waals surface area contributed by atoms with E-state index in [-0.39, 0.29) is 11.8 Å². The van der Waals surface area contributed by atoms with Crippen LogP contribution in [0.25, 0.3) is 0 Å². The van der Waals surface area contributed by atoms with Gasteiger partial charge in [0.2, 0.25) is 0 Å². The largest absolute Gasteiger partial charge is 0.457 e. The number of hydrogen-bond donors (Lipinski definition) is 1. The molecule has 2 aromatic carbocycles. The molecule has 2 rings (SSSR count). The predicted octanol–water partition coefficient (Wildman–Crippen LogP) is 5.20. The second-order valence-corrected chi connectivity index (χ2v) is 6.31. The molecule has 10 heteroatoms. The number of benzene rings is 2. The van der Waals surface area contributed by atoms with Crippen molar-refractivity contribution in [3.8, 4) is 0 Å². The number of rotatable bonds is 4. The average molecular weight is 413 g/mol. The Morgan fingerprint density at radius 1 is 0.714 bits per heavy atom. The molecule has 0 bridgehead atoms. The van der Waals surface area contributed by atoms with E-state index in [2.05, 4.69) is 0 Å². The summed E-state index contributed by atoms with van der Waals surface area (Å²) in [5.41, 5.74) is -7.52. The highest BCUT2D eigenvalue weighted by Crippen LogP contribution is 2.52. The van der Waals surface area contributed by atoms with Crippen LogP contribution in [0.3, 0.4) is 0 Å². The van der Waals surface area contributed by atoms with Crippen molar-refractivity contribution >= 4 is 5.69 Å². The minimum absolute atomic E-state index is 0.0853. The van der Waals surface area contributed by atoms with Crippen LogP contribution in [0, 0.1) is 0 Å². The van der Waals surface area contributed by atoms with Crippen molar-refractivity contribution < 1.29 is 40.2 Å². The molecule has 1 unspecified atom stereocenters. The minimum atomic E-state index is -6.23. The van der Waals surface area contributed by atoms with Crippen molar-refractivity contribution in [2.24, 2.45) is 0 Å². The number of nitrogens with zero attached hydrogens (tertiary/aromatic N) is 1. The van der Waals surface area contributed by atoms with Crippen molar-refractivity contribution in [3.63, 3.8) is 0 Å². The maximum atomic E-state index is 14.4. The zero-order chi connectivity index (χ0) is 21.5. The maximum absolute atomic E-state index is 14.4. The molecule has 0 aliphatic carbocycles.